The Morgan fingerprint density at radius 3 is 2.50 bits per heavy atom. The van der Waals surface area contributed by atoms with Crippen LogP contribution in [-0.4, -0.2) is 55.0 Å². The lowest BCUT2D eigenvalue weighted by Gasteiger charge is -2.28. The molecule has 20 heavy (non-hydrogen) atoms. The van der Waals surface area contributed by atoms with E-state index in [1.54, 1.807) is 0 Å². The molecule has 0 spiro atoms. The summed E-state index contributed by atoms with van der Waals surface area (Å²) in [7, 11) is 0. The normalized spacial score (nSPS) is 22.8. The number of hydrogen-bond acceptors (Lipinski definition) is 3. The summed E-state index contributed by atoms with van der Waals surface area (Å²) in [6, 6.07) is 0. The summed E-state index contributed by atoms with van der Waals surface area (Å²) in [5, 5.41) is 0. The molecule has 0 aromatic carbocycles. The Morgan fingerprint density at radius 2 is 1.75 bits per heavy atom. The van der Waals surface area contributed by atoms with Crippen LogP contribution in [-0.2, 0) is 4.79 Å². The summed E-state index contributed by atoms with van der Waals surface area (Å²) in [5.41, 5.74) is 5.55. The summed E-state index contributed by atoms with van der Waals surface area (Å²) in [6.07, 6.45) is 9.48. The van der Waals surface area contributed by atoms with E-state index in [1.165, 1.54) is 25.7 Å². The number of unbranched alkanes of at least 4 members (excludes halogenated alkanes) is 1. The van der Waals surface area contributed by atoms with Crippen LogP contribution in [0.4, 0.5) is 0 Å². The van der Waals surface area contributed by atoms with Crippen molar-refractivity contribution in [1.29, 1.82) is 0 Å². The van der Waals surface area contributed by atoms with Crippen LogP contribution in [0.1, 0.15) is 51.4 Å². The van der Waals surface area contributed by atoms with Crippen LogP contribution in [0, 0.1) is 5.92 Å². The van der Waals surface area contributed by atoms with Crippen LogP contribution in [0.3, 0.4) is 0 Å². The molecule has 2 rings (SSSR count). The first-order valence-corrected chi connectivity index (χ1v) is 8.52. The maximum absolute atomic E-state index is 12.6. The molecule has 1 amide bonds. The second-order valence-corrected chi connectivity index (χ2v) is 6.35. The lowest BCUT2D eigenvalue weighted by molar-refractivity contribution is -0.136. The van der Waals surface area contributed by atoms with E-state index in [1.807, 2.05) is 0 Å². The first-order chi connectivity index (χ1) is 9.81. The van der Waals surface area contributed by atoms with Gasteiger partial charge in [0.15, 0.2) is 0 Å². The van der Waals surface area contributed by atoms with Crippen molar-refractivity contribution in [2.75, 3.05) is 39.3 Å². The average molecular weight is 281 g/mol. The highest BCUT2D eigenvalue weighted by molar-refractivity contribution is 5.79. The van der Waals surface area contributed by atoms with Crippen molar-refractivity contribution in [2.24, 2.45) is 11.7 Å². The predicted molar refractivity (Wildman–Crippen MR) is 82.5 cm³/mol. The van der Waals surface area contributed by atoms with Crippen LogP contribution in [0.5, 0.6) is 0 Å². The average Bonchev–Trinajstić information content (AvgIpc) is 2.73. The van der Waals surface area contributed by atoms with Gasteiger partial charge in [-0.3, -0.25) is 4.79 Å². The first kappa shape index (κ1) is 15.8. The lowest BCUT2D eigenvalue weighted by Crippen LogP contribution is -2.39. The minimum atomic E-state index is 0.326. The van der Waals surface area contributed by atoms with Crippen molar-refractivity contribution in [3.8, 4) is 0 Å². The molecule has 1 saturated carbocycles. The number of carbonyl (C=O) groups is 1. The number of rotatable bonds is 5. The summed E-state index contributed by atoms with van der Waals surface area (Å²) in [4.78, 5) is 17.2. The third-order valence-corrected chi connectivity index (χ3v) is 4.78. The zero-order valence-electron chi connectivity index (χ0n) is 12.9. The van der Waals surface area contributed by atoms with Gasteiger partial charge in [0.1, 0.15) is 0 Å². The van der Waals surface area contributed by atoms with Gasteiger partial charge in [0.25, 0.3) is 0 Å². The van der Waals surface area contributed by atoms with Gasteiger partial charge in [-0.05, 0) is 51.7 Å². The Bertz CT molecular complexity index is 289. The zero-order valence-corrected chi connectivity index (χ0v) is 12.9. The molecule has 116 valence electrons. The first-order valence-electron chi connectivity index (χ1n) is 8.52. The fourth-order valence-electron chi connectivity index (χ4n) is 3.50. The zero-order chi connectivity index (χ0) is 14.2. The van der Waals surface area contributed by atoms with Crippen LogP contribution in [0.25, 0.3) is 0 Å². The molecule has 1 saturated heterocycles. The molecule has 0 radical (unpaired) electrons. The van der Waals surface area contributed by atoms with Crippen molar-refractivity contribution in [1.82, 2.24) is 9.80 Å². The molecule has 1 aliphatic heterocycles. The fraction of sp³-hybridized carbons (Fsp3) is 0.938. The van der Waals surface area contributed by atoms with Gasteiger partial charge in [0, 0.05) is 25.6 Å². The summed E-state index contributed by atoms with van der Waals surface area (Å²) >= 11 is 0. The van der Waals surface area contributed by atoms with Gasteiger partial charge in [-0.2, -0.15) is 0 Å². The van der Waals surface area contributed by atoms with Gasteiger partial charge in [-0.25, -0.2) is 0 Å². The number of hydrogen-bond donors (Lipinski definition) is 1. The van der Waals surface area contributed by atoms with E-state index in [2.05, 4.69) is 9.80 Å². The molecule has 0 unspecified atom stereocenters. The van der Waals surface area contributed by atoms with Gasteiger partial charge in [-0.1, -0.05) is 19.3 Å². The van der Waals surface area contributed by atoms with E-state index in [0.29, 0.717) is 11.8 Å². The van der Waals surface area contributed by atoms with E-state index in [-0.39, 0.29) is 0 Å². The van der Waals surface area contributed by atoms with Crippen molar-refractivity contribution in [3.63, 3.8) is 0 Å². The minimum Gasteiger partial charge on any atom is -0.341 e. The van der Waals surface area contributed by atoms with Gasteiger partial charge in [0.2, 0.25) is 5.91 Å². The quantitative estimate of drug-likeness (QED) is 0.782. The highest BCUT2D eigenvalue weighted by Gasteiger charge is 2.27. The SMILES string of the molecule is NCCCCN1CCCN(C(=O)C2CCCCC2)CC1. The molecule has 4 heteroatoms. The van der Waals surface area contributed by atoms with E-state index in [4.69, 9.17) is 5.73 Å². The molecule has 1 aliphatic carbocycles. The van der Waals surface area contributed by atoms with Gasteiger partial charge < -0.3 is 15.5 Å². The second kappa shape index (κ2) is 8.63. The van der Waals surface area contributed by atoms with Gasteiger partial charge >= 0.3 is 0 Å². The van der Waals surface area contributed by atoms with Gasteiger partial charge in [0.05, 0.1) is 0 Å². The van der Waals surface area contributed by atoms with E-state index in [0.717, 1.165) is 65.0 Å². The van der Waals surface area contributed by atoms with Crippen LogP contribution in [0.15, 0.2) is 0 Å². The molecule has 2 fully saturated rings. The van der Waals surface area contributed by atoms with Crippen LogP contribution in [0.2, 0.25) is 0 Å². The van der Waals surface area contributed by atoms with Crippen molar-refractivity contribution >= 4 is 5.91 Å². The molecule has 0 atom stereocenters. The Hall–Kier alpha value is -0.610. The second-order valence-electron chi connectivity index (χ2n) is 6.35. The lowest BCUT2D eigenvalue weighted by atomic mass is 9.88. The minimum absolute atomic E-state index is 0.326. The van der Waals surface area contributed by atoms with Crippen LogP contribution >= 0.6 is 0 Å². The molecular weight excluding hydrogens is 250 g/mol. The largest absolute Gasteiger partial charge is 0.341 e. The van der Waals surface area contributed by atoms with Gasteiger partial charge in [-0.15, -0.1) is 0 Å². The van der Waals surface area contributed by atoms with E-state index in [9.17, 15) is 4.79 Å². The molecule has 2 N–H and O–H groups in total. The maximum Gasteiger partial charge on any atom is 0.225 e. The molecular formula is C16H31N3O. The van der Waals surface area contributed by atoms with Crippen molar-refractivity contribution < 1.29 is 4.79 Å². The Morgan fingerprint density at radius 1 is 0.950 bits per heavy atom. The number of amides is 1. The summed E-state index contributed by atoms with van der Waals surface area (Å²) < 4.78 is 0. The number of nitrogens with two attached hydrogens (primary N) is 1. The molecule has 0 aromatic rings. The number of nitrogens with zero attached hydrogens (tertiary/aromatic N) is 2. The smallest absolute Gasteiger partial charge is 0.225 e. The third kappa shape index (κ3) is 4.74. The molecule has 2 aliphatic rings. The highest BCUT2D eigenvalue weighted by atomic mass is 16.2. The maximum atomic E-state index is 12.6. The molecule has 0 bridgehead atoms. The highest BCUT2D eigenvalue weighted by Crippen LogP contribution is 2.25. The Labute approximate surface area is 123 Å². The monoisotopic (exact) mass is 281 g/mol. The third-order valence-electron chi connectivity index (χ3n) is 4.78. The standard InChI is InChI=1S/C16H31N3O/c17-9-4-5-10-18-11-6-12-19(14-13-18)16(20)15-7-2-1-3-8-15/h15H,1-14,17H2. The van der Waals surface area contributed by atoms with Crippen molar-refractivity contribution in [3.05, 3.63) is 0 Å². The molecule has 4 nitrogen and oxygen atoms in total. The number of carbonyl (C=O) groups excluding carboxylic acids is 1. The fourth-order valence-corrected chi connectivity index (χ4v) is 3.50. The topological polar surface area (TPSA) is 49.6 Å². The molecule has 0 aromatic heterocycles. The summed E-state index contributed by atoms with van der Waals surface area (Å²) in [6.45, 7) is 6.01. The Kier molecular flexibility index (Phi) is 6.80. The summed E-state index contributed by atoms with van der Waals surface area (Å²) in [5.74, 6) is 0.765. The predicted octanol–water partition coefficient (Wildman–Crippen LogP) is 1.84. The molecule has 1 heterocycles. The van der Waals surface area contributed by atoms with E-state index >= 15 is 0 Å². The van der Waals surface area contributed by atoms with E-state index < -0.39 is 0 Å². The van der Waals surface area contributed by atoms with Crippen molar-refractivity contribution in [2.45, 2.75) is 51.4 Å². The van der Waals surface area contributed by atoms with Crippen LogP contribution < -0.4 is 5.73 Å². The Balaban J connectivity index is 1.75.